The number of ether oxygens (including phenoxy) is 1. The Kier molecular flexibility index (Phi) is 6.29. The molecule has 6 nitrogen and oxygen atoms in total. The Bertz CT molecular complexity index is 881. The maximum Gasteiger partial charge on any atom is 0.214 e. The van der Waals surface area contributed by atoms with Gasteiger partial charge in [0.05, 0.1) is 24.6 Å². The van der Waals surface area contributed by atoms with Crippen molar-refractivity contribution in [2.75, 3.05) is 26.0 Å². The molecule has 1 aliphatic heterocycles. The van der Waals surface area contributed by atoms with Gasteiger partial charge in [0.1, 0.15) is 5.75 Å². The molecule has 170 valence electrons. The fourth-order valence-electron chi connectivity index (χ4n) is 6.13. The second-order valence-corrected chi connectivity index (χ2v) is 11.8. The summed E-state index contributed by atoms with van der Waals surface area (Å²) in [7, 11) is -1.93. The van der Waals surface area contributed by atoms with Gasteiger partial charge in [-0.25, -0.2) is 12.7 Å². The van der Waals surface area contributed by atoms with Gasteiger partial charge in [0, 0.05) is 18.5 Å². The Morgan fingerprint density at radius 3 is 2.40 bits per heavy atom. The van der Waals surface area contributed by atoms with E-state index in [2.05, 4.69) is 13.8 Å². The first-order valence-corrected chi connectivity index (χ1v) is 12.2. The molecule has 2 N–H and O–H groups in total. The first-order valence-electron chi connectivity index (χ1n) is 10.6. The zero-order valence-electron chi connectivity index (χ0n) is 18.0. The molecule has 1 saturated heterocycles. The summed E-state index contributed by atoms with van der Waals surface area (Å²) in [4.78, 5) is 0. The van der Waals surface area contributed by atoms with Crippen molar-refractivity contribution in [2.24, 2.45) is 16.7 Å². The van der Waals surface area contributed by atoms with E-state index in [1.54, 1.807) is 7.11 Å². The fourth-order valence-corrected chi connectivity index (χ4v) is 8.41. The van der Waals surface area contributed by atoms with Crippen molar-refractivity contribution >= 4 is 22.4 Å². The van der Waals surface area contributed by atoms with E-state index in [0.29, 0.717) is 30.9 Å². The van der Waals surface area contributed by atoms with Crippen LogP contribution in [0, 0.1) is 16.7 Å². The van der Waals surface area contributed by atoms with Crippen molar-refractivity contribution in [1.82, 2.24) is 4.31 Å². The van der Waals surface area contributed by atoms with Crippen LogP contribution in [0.1, 0.15) is 51.5 Å². The molecule has 30 heavy (non-hydrogen) atoms. The van der Waals surface area contributed by atoms with Crippen LogP contribution in [-0.2, 0) is 15.6 Å². The van der Waals surface area contributed by atoms with Crippen LogP contribution >= 0.6 is 12.4 Å². The van der Waals surface area contributed by atoms with E-state index in [4.69, 9.17) is 4.74 Å². The van der Waals surface area contributed by atoms with Crippen molar-refractivity contribution in [3.63, 3.8) is 0 Å². The van der Waals surface area contributed by atoms with Gasteiger partial charge in [-0.05, 0) is 61.1 Å². The highest BCUT2D eigenvalue weighted by Gasteiger charge is 2.65. The lowest BCUT2D eigenvalue weighted by molar-refractivity contribution is -0.0115. The Balaban J connectivity index is 0.00000256. The van der Waals surface area contributed by atoms with Crippen LogP contribution in [-0.4, -0.2) is 55.0 Å². The van der Waals surface area contributed by atoms with Gasteiger partial charge in [0.2, 0.25) is 10.0 Å². The van der Waals surface area contributed by atoms with E-state index in [0.717, 1.165) is 18.4 Å². The molecule has 4 rings (SSSR count). The van der Waals surface area contributed by atoms with E-state index >= 15 is 0 Å². The fraction of sp³-hybridized carbons (Fsp3) is 0.727. The number of aliphatic hydroxyl groups excluding tert-OH is 1. The first-order chi connectivity index (χ1) is 13.5. The van der Waals surface area contributed by atoms with Gasteiger partial charge in [0.15, 0.2) is 0 Å². The van der Waals surface area contributed by atoms with E-state index in [1.807, 2.05) is 24.3 Å². The second kappa shape index (κ2) is 7.93. The van der Waals surface area contributed by atoms with Crippen molar-refractivity contribution in [2.45, 2.75) is 57.7 Å². The summed E-state index contributed by atoms with van der Waals surface area (Å²) in [6.45, 7) is 4.81. The molecule has 1 aromatic rings. The van der Waals surface area contributed by atoms with Gasteiger partial charge in [-0.15, -0.1) is 12.4 Å². The quantitative estimate of drug-likeness (QED) is 0.706. The molecule has 1 heterocycles. The number of nitrogens with zero attached hydrogens (tertiary/aromatic N) is 1. The van der Waals surface area contributed by atoms with Crippen LogP contribution in [0.3, 0.4) is 0 Å². The van der Waals surface area contributed by atoms with Gasteiger partial charge in [-0.1, -0.05) is 26.0 Å². The number of fused-ring (bicyclic) bond motifs is 2. The SMILES string of the molecule is COc1cccc(C2(O)CCN(S(=O)(=O)C[C@]34CC[C@H](CC3O)C4(C)C)CC2)c1.Cl. The van der Waals surface area contributed by atoms with Crippen LogP contribution in [0.15, 0.2) is 24.3 Å². The summed E-state index contributed by atoms with van der Waals surface area (Å²) in [6.07, 6.45) is 2.62. The average molecular weight is 460 g/mol. The topological polar surface area (TPSA) is 87.1 Å². The van der Waals surface area contributed by atoms with Crippen molar-refractivity contribution in [1.29, 1.82) is 0 Å². The molecule has 3 fully saturated rings. The molecule has 3 atom stereocenters. The Labute approximate surface area is 186 Å². The van der Waals surface area contributed by atoms with Crippen molar-refractivity contribution in [3.05, 3.63) is 29.8 Å². The van der Waals surface area contributed by atoms with Gasteiger partial charge >= 0.3 is 0 Å². The minimum atomic E-state index is -3.52. The lowest BCUT2D eigenvalue weighted by atomic mass is 9.70. The Morgan fingerprint density at radius 1 is 1.20 bits per heavy atom. The van der Waals surface area contributed by atoms with Crippen LogP contribution in [0.5, 0.6) is 5.75 Å². The summed E-state index contributed by atoms with van der Waals surface area (Å²) in [5.74, 6) is 1.08. The number of piperidine rings is 1. The number of hydrogen-bond acceptors (Lipinski definition) is 5. The van der Waals surface area contributed by atoms with Gasteiger partial charge in [-0.2, -0.15) is 0 Å². The van der Waals surface area contributed by atoms with Crippen LogP contribution in [0.2, 0.25) is 0 Å². The molecule has 8 heteroatoms. The Morgan fingerprint density at radius 2 is 1.87 bits per heavy atom. The predicted octanol–water partition coefficient (Wildman–Crippen LogP) is 2.92. The standard InChI is InChI=1S/C22H33NO5S.ClH/c1-20(2)16-7-8-21(20,19(24)14-16)15-29(26,27)23-11-9-22(25,10-12-23)17-5-4-6-18(13-17)28-3;/h4-6,13,16,19,24-25H,7-12,14-15H2,1-3H3;1H/t16-,19?,21-;/m1./s1. The number of benzene rings is 1. The summed E-state index contributed by atoms with van der Waals surface area (Å²) in [5.41, 5.74) is -1.02. The number of sulfonamides is 1. The second-order valence-electron chi connectivity index (χ2n) is 9.78. The number of halogens is 1. The highest BCUT2D eigenvalue weighted by Crippen LogP contribution is 2.66. The first kappa shape index (κ1) is 23.8. The number of hydrogen-bond donors (Lipinski definition) is 2. The lowest BCUT2D eigenvalue weighted by Gasteiger charge is -2.43. The molecule has 2 saturated carbocycles. The smallest absolute Gasteiger partial charge is 0.214 e. The third-order valence-electron chi connectivity index (χ3n) is 8.38. The normalized spacial score (nSPS) is 32.6. The van der Waals surface area contributed by atoms with Crippen LogP contribution in [0.4, 0.5) is 0 Å². The molecule has 1 unspecified atom stereocenters. The number of rotatable bonds is 5. The average Bonchev–Trinajstić information content (AvgIpc) is 3.02. The Hall–Kier alpha value is -0.860. The molecule has 1 aromatic carbocycles. The summed E-state index contributed by atoms with van der Waals surface area (Å²) in [5, 5.41) is 21.9. The van der Waals surface area contributed by atoms with Gasteiger partial charge in [0.25, 0.3) is 0 Å². The van der Waals surface area contributed by atoms with E-state index < -0.39 is 27.1 Å². The highest BCUT2D eigenvalue weighted by molar-refractivity contribution is 7.89. The molecule has 0 aromatic heterocycles. The summed E-state index contributed by atoms with van der Waals surface area (Å²) >= 11 is 0. The van der Waals surface area contributed by atoms with E-state index in [9.17, 15) is 18.6 Å². The lowest BCUT2D eigenvalue weighted by Crippen LogP contribution is -2.51. The molecular weight excluding hydrogens is 426 g/mol. The minimum absolute atomic E-state index is 0. The molecule has 0 radical (unpaired) electrons. The maximum absolute atomic E-state index is 13.3. The molecule has 3 aliphatic rings. The largest absolute Gasteiger partial charge is 0.497 e. The minimum Gasteiger partial charge on any atom is -0.497 e. The van der Waals surface area contributed by atoms with Crippen LogP contribution in [0.25, 0.3) is 0 Å². The van der Waals surface area contributed by atoms with Gasteiger partial charge in [-0.3, -0.25) is 0 Å². The number of methoxy groups -OCH3 is 1. The van der Waals surface area contributed by atoms with E-state index in [1.165, 1.54) is 4.31 Å². The number of aliphatic hydroxyl groups is 2. The van der Waals surface area contributed by atoms with Gasteiger partial charge < -0.3 is 14.9 Å². The van der Waals surface area contributed by atoms with Crippen molar-refractivity contribution < 1.29 is 23.4 Å². The molecular formula is C22H34ClNO5S. The summed E-state index contributed by atoms with van der Waals surface area (Å²) < 4.78 is 33.4. The van der Waals surface area contributed by atoms with Crippen molar-refractivity contribution in [3.8, 4) is 5.75 Å². The molecule has 2 bridgehead atoms. The zero-order valence-corrected chi connectivity index (χ0v) is 19.6. The zero-order chi connectivity index (χ0) is 21.1. The maximum atomic E-state index is 13.3. The third kappa shape index (κ3) is 3.56. The van der Waals surface area contributed by atoms with Crippen LogP contribution < -0.4 is 4.74 Å². The highest BCUT2D eigenvalue weighted by atomic mass is 35.5. The molecule has 0 spiro atoms. The molecule has 0 amide bonds. The van der Waals surface area contributed by atoms with E-state index in [-0.39, 0.29) is 36.7 Å². The monoisotopic (exact) mass is 459 g/mol. The third-order valence-corrected chi connectivity index (χ3v) is 10.4. The predicted molar refractivity (Wildman–Crippen MR) is 118 cm³/mol. The molecule has 2 aliphatic carbocycles. The summed E-state index contributed by atoms with van der Waals surface area (Å²) in [6, 6.07) is 7.35.